The number of nitrogens with one attached hydrogen (secondary N) is 7. The molecule has 13 N–H and O–H groups in total. The molecule has 2 fully saturated rings. The molecule has 12 aliphatic heterocycles. The fraction of sp³-hybridized carbons (Fsp3) is 0.436. The summed E-state index contributed by atoms with van der Waals surface area (Å²) in [5, 5.41) is 54.9. The number of hydrogen-bond acceptors (Lipinski definition) is 32. The van der Waals surface area contributed by atoms with E-state index in [9.17, 15) is 65.3 Å². The Hall–Kier alpha value is -13.3. The topological polar surface area (TPSA) is 507 Å². The molecule has 0 saturated carbocycles. The molecule has 1 amide bonds. The molecule has 2 aromatic carbocycles. The van der Waals surface area contributed by atoms with Crippen LogP contribution < -0.4 is 71.3 Å². The van der Waals surface area contributed by atoms with E-state index in [4.69, 9.17) is 56.0 Å². The van der Waals surface area contributed by atoms with Crippen molar-refractivity contribution in [2.24, 2.45) is 81.2 Å². The zero-order valence-corrected chi connectivity index (χ0v) is 87.6. The van der Waals surface area contributed by atoms with E-state index in [1.165, 1.54) is 19.8 Å². The molecule has 34 nitrogen and oxygen atoms in total. The van der Waals surface area contributed by atoms with Gasteiger partial charge in [0.05, 0.1) is 139 Å². The van der Waals surface area contributed by atoms with Gasteiger partial charge in [-0.15, -0.1) is 0 Å². The molecule has 0 spiro atoms. The van der Waals surface area contributed by atoms with Gasteiger partial charge in [0.25, 0.3) is 0 Å². The molecule has 786 valence electrons. The number of aliphatic hydroxyl groups excluding tert-OH is 2. The van der Waals surface area contributed by atoms with Gasteiger partial charge in [-0.25, -0.2) is 46.8 Å². The van der Waals surface area contributed by atoms with E-state index in [2.05, 4.69) is 121 Å². The molecule has 148 heavy (non-hydrogen) atoms. The number of rotatable bonds is 37. The maximum absolute atomic E-state index is 13.5. The van der Waals surface area contributed by atoms with Gasteiger partial charge < -0.3 is 82.7 Å². The molecular formula is C110H138FLiN16O18S2. The van der Waals surface area contributed by atoms with Crippen molar-refractivity contribution in [3.63, 3.8) is 0 Å². The fourth-order valence-electron chi connectivity index (χ4n) is 19.9. The molecule has 14 aliphatic rings. The van der Waals surface area contributed by atoms with Crippen molar-refractivity contribution in [2.75, 3.05) is 110 Å². The molecule has 0 aromatic heterocycles. The van der Waals surface area contributed by atoms with Crippen LogP contribution in [0.5, 0.6) is 11.5 Å². The van der Waals surface area contributed by atoms with E-state index in [-0.39, 0.29) is 148 Å². The van der Waals surface area contributed by atoms with Crippen LogP contribution in [-0.2, 0) is 48.3 Å². The predicted molar refractivity (Wildman–Crippen MR) is 573 cm³/mol. The van der Waals surface area contributed by atoms with Crippen molar-refractivity contribution in [1.29, 1.82) is 0 Å². The number of carboxylic acids is 1. The van der Waals surface area contributed by atoms with Gasteiger partial charge in [-0.3, -0.25) is 43.1 Å². The molecule has 2 aliphatic carbocycles. The maximum Gasteiger partial charge on any atom is 1.00 e. The number of carbonyl (C=O) groups is 6. The number of aliphatic carboxylic acids is 1. The minimum atomic E-state index is -3.87. The third-order valence-electron chi connectivity index (χ3n) is 28.0. The number of aliphatic imine (C=N–C) groups is 8. The van der Waals surface area contributed by atoms with Gasteiger partial charge in [0.1, 0.15) is 36.2 Å². The molecule has 2 saturated heterocycles. The van der Waals surface area contributed by atoms with Gasteiger partial charge in [0, 0.05) is 169 Å². The Balaban J connectivity index is 0.000000245. The number of ether oxygens (including phenoxy) is 4. The van der Waals surface area contributed by atoms with E-state index in [0.29, 0.717) is 79.7 Å². The molecule has 0 unspecified atom stereocenters. The summed E-state index contributed by atoms with van der Waals surface area (Å²) in [7, 11) is -5.98. The molecule has 2 aromatic rings. The molecule has 16 rings (SSSR count). The Morgan fingerprint density at radius 1 is 0.561 bits per heavy atom. The van der Waals surface area contributed by atoms with Crippen LogP contribution in [0.2, 0.25) is 0 Å². The summed E-state index contributed by atoms with van der Waals surface area (Å²) >= 11 is 0. The smallest absolute Gasteiger partial charge is 0.870 e. The van der Waals surface area contributed by atoms with Crippen molar-refractivity contribution in [2.45, 2.75) is 167 Å². The number of Topliss-reactive ketones (excluding diaryl/α,β-unsaturated/α-hetero) is 2. The summed E-state index contributed by atoms with van der Waals surface area (Å²) in [5.74, 6) is -3.44. The molecule has 16 bridgehead atoms. The number of amides is 1. The Bertz CT molecular complexity index is 6700. The van der Waals surface area contributed by atoms with E-state index >= 15 is 0 Å². The Kier molecular flexibility index (Phi) is 40.8. The first kappa shape index (κ1) is 115. The second-order valence-corrected chi connectivity index (χ2v) is 41.7. The number of alkyl halides is 1. The van der Waals surface area contributed by atoms with Crippen LogP contribution in [-0.4, -0.2) is 229 Å². The summed E-state index contributed by atoms with van der Waals surface area (Å²) < 4.78 is 87.4. The molecular weight excluding hydrogens is 1920 g/mol. The van der Waals surface area contributed by atoms with Crippen LogP contribution in [0.3, 0.4) is 0 Å². The standard InChI is InChI=1S/C54H64N8O8S.C33H34N4O3.C21H32N4O6S.CH3F.CH4.Li.H2O/c1-8-37-30(3)41-26-43-32(5)39(51(61-43)40-25-48(64)50-33(6)44(62-52(40)50)28-46-38(9-2)31(4)42(60-46)27-45(37)59-41)16-18-49(65)55-22-24-71(67,68)29-35(53(66)69-7)13-17-47(63)34-11-14-36(15-12-34)70-23-21-58-54-56-19-10-20-57-54;1-7-19-15(3)23-12-25-17(5)21(9-10-30(39)40)32(36-25)22-11-29(38)31-18(6)26(37-33(22)31)14-28-20(8-2)16(4)24(35-28)13-27(19)34-23;1-30-20(27)17(15-32(28,29)14-9-22)5-8-19(26)16-3-6-18(7-4-16)31-13-12-25-21-23-10-2-11-24-21;1-2;;;/h8,11-12,14-15,26-28,32,35,39,61,64H,1,9-10,13,16-25,29H2,2-7H3,(H,55,65)(H2,56,57,58);7,12-14,17,21,36,38H,1,8-11H2,2-6H3,(H,39,40);3-4,6-7,17H,2,5,8-15,22H2,1H3,(H2,23,24,25);1H3;1H4;;1H2/q;;;;;+1;/p-1/t32-,35+,39-;17-,21-;17-;;;;/m001..../s1/i;;;1D;;;. The van der Waals surface area contributed by atoms with E-state index in [1.807, 2.05) is 57.2 Å². The third kappa shape index (κ3) is 27.4. The fourth-order valence-corrected chi connectivity index (χ4v) is 22.9. The summed E-state index contributed by atoms with van der Waals surface area (Å²) in [6.45, 7) is 34.1. The SMILES string of the molecule is C.C=CC1=C(C)C2=NC1=CC1=NC(=CC3=C(C)C4=C(O)CC(=C5NC(=C2)[C@@H](C)[C@@H]5CCC(=O)NCCS(=O)(=O)C[C@@H](CCC(=O)c2ccc(OCCNC5=NCCCN5)cc2)C(=O)OC)C4=N3)C(CC)=C1C.C=CC1=C(C)C2=NC1=CC1=NC(=CC3=C(C)C4=C(O)CC(=C5NC(=C2)[C@@H](C)[C@@H]5CCC(=O)O)C4=N3)C(CC)=C1C.COC(=O)[C@H](CCC(=O)c1ccc(OCCNC2=NCCCN2)cc1)CS(=O)(=O)CCN.[2H]CF.[Li+].[OH-]. The number of aliphatic hydroxyl groups is 2. The molecule has 6 atom stereocenters. The Morgan fingerprint density at radius 3 is 1.32 bits per heavy atom. The second-order valence-electron chi connectivity index (χ2n) is 37.3. The minimum absolute atomic E-state index is 0. The average Bonchev–Trinajstić information content (AvgIpc) is 1.58. The number of carbonyl (C=O) groups excluding carboxylic acids is 5. The zero-order chi connectivity index (χ0) is 105. The first-order chi connectivity index (χ1) is 70.0. The molecule has 38 heteroatoms. The number of methoxy groups -OCH3 is 2. The molecule has 0 radical (unpaired) electrons. The van der Waals surface area contributed by atoms with Crippen LogP contribution in [0.1, 0.15) is 189 Å². The first-order valence-electron chi connectivity index (χ1n) is 50.0. The summed E-state index contributed by atoms with van der Waals surface area (Å²) in [6.07, 6.45) is 21.3. The van der Waals surface area contributed by atoms with Gasteiger partial charge >= 0.3 is 36.8 Å². The Labute approximate surface area is 880 Å². The van der Waals surface area contributed by atoms with Gasteiger partial charge in [-0.05, 0) is 222 Å². The number of ketones is 2. The number of allylic oxidation sites excluding steroid dienone is 24. The van der Waals surface area contributed by atoms with Gasteiger partial charge in [-0.1, -0.05) is 60.4 Å². The maximum atomic E-state index is 13.5. The van der Waals surface area contributed by atoms with Crippen LogP contribution >= 0.6 is 0 Å². The van der Waals surface area contributed by atoms with Crippen molar-refractivity contribution < 1.29 is 110 Å². The number of sulfone groups is 2. The van der Waals surface area contributed by atoms with E-state index < -0.39 is 68.1 Å². The number of benzene rings is 2. The van der Waals surface area contributed by atoms with Crippen LogP contribution in [0, 0.1) is 35.5 Å². The summed E-state index contributed by atoms with van der Waals surface area (Å²) in [6, 6.07) is 13.4. The number of guanidine groups is 2. The molecule has 12 heterocycles. The quantitative estimate of drug-likeness (QED) is 0.0129. The zero-order valence-electron chi connectivity index (χ0n) is 87.0. The van der Waals surface area contributed by atoms with E-state index in [1.54, 1.807) is 48.5 Å². The van der Waals surface area contributed by atoms with Crippen LogP contribution in [0.25, 0.3) is 0 Å². The average molecular weight is 2060 g/mol. The van der Waals surface area contributed by atoms with Crippen molar-refractivity contribution in [1.82, 2.24) is 37.2 Å². The van der Waals surface area contributed by atoms with E-state index in [0.717, 1.165) is 222 Å². The van der Waals surface area contributed by atoms with Gasteiger partial charge in [-0.2, -0.15) is 0 Å². The van der Waals surface area contributed by atoms with Crippen LogP contribution in [0.4, 0.5) is 4.39 Å². The summed E-state index contributed by atoms with van der Waals surface area (Å²) in [5.41, 5.74) is 33.1. The number of carboxylic acid groups (broad SMARTS) is 1. The largest absolute Gasteiger partial charge is 1.00 e. The normalized spacial score (nSPS) is 20.2. The first-order valence-corrected chi connectivity index (χ1v) is 53.0. The monoisotopic (exact) mass is 2060 g/mol. The summed E-state index contributed by atoms with van der Waals surface area (Å²) in [4.78, 5) is 115. The van der Waals surface area contributed by atoms with Crippen molar-refractivity contribution in [3.05, 3.63) is 268 Å². The number of esters is 2. The minimum Gasteiger partial charge on any atom is -0.870 e. The Morgan fingerprint density at radius 2 is 0.953 bits per heavy atom. The van der Waals surface area contributed by atoms with Crippen LogP contribution in [0.15, 0.2) is 297 Å². The van der Waals surface area contributed by atoms with Crippen molar-refractivity contribution >= 4 is 101 Å². The second kappa shape index (κ2) is 52.5. The third-order valence-corrected chi connectivity index (χ3v) is 31.5. The number of halogens is 1. The number of nitrogens with zero attached hydrogens (tertiary/aromatic N) is 8. The predicted octanol–water partition coefficient (Wildman–Crippen LogP) is 11.8. The van der Waals surface area contributed by atoms with Crippen molar-refractivity contribution in [3.8, 4) is 11.5 Å². The number of fused-ring (bicyclic) bond motifs is 10. The van der Waals surface area contributed by atoms with Gasteiger partial charge in [0.2, 0.25) is 5.91 Å². The number of nitrogens with two attached hydrogens (primary N) is 1. The number of hydrogen-bond donors (Lipinski definition) is 11. The van der Waals surface area contributed by atoms with Gasteiger partial charge in [0.15, 0.2) is 43.2 Å².